The van der Waals surface area contributed by atoms with Gasteiger partial charge in [-0.3, -0.25) is 0 Å². The van der Waals surface area contributed by atoms with E-state index in [1.54, 1.807) is 25.7 Å². The molecule has 1 aromatic carbocycles. The maximum Gasteiger partial charge on any atom is 0.417 e. The summed E-state index contributed by atoms with van der Waals surface area (Å²) in [6.45, 7) is 6.05. The molecule has 1 aromatic heterocycles. The lowest BCUT2D eigenvalue weighted by Crippen LogP contribution is -2.42. The number of carbonyl (C=O) groups is 1. The molecule has 4 rings (SSSR count). The van der Waals surface area contributed by atoms with Crippen molar-refractivity contribution in [3.8, 4) is 0 Å². The fourth-order valence-electron chi connectivity index (χ4n) is 4.02. The Morgan fingerprint density at radius 1 is 1.21 bits per heavy atom. The second-order valence-electron chi connectivity index (χ2n) is 9.27. The zero-order valence-corrected chi connectivity index (χ0v) is 20.5. The van der Waals surface area contributed by atoms with Crippen molar-refractivity contribution in [1.82, 2.24) is 14.9 Å². The van der Waals surface area contributed by atoms with E-state index in [-0.39, 0.29) is 34.1 Å². The van der Waals surface area contributed by atoms with Crippen LogP contribution in [0, 0.1) is 5.82 Å². The highest BCUT2D eigenvalue weighted by Gasteiger charge is 2.42. The molecule has 2 aromatic rings. The number of hydrogen-bond acceptors (Lipinski definition) is 5. The number of benzene rings is 1. The van der Waals surface area contributed by atoms with Gasteiger partial charge in [-0.25, -0.2) is 14.2 Å². The Bertz CT molecular complexity index is 1100. The molecule has 0 bridgehead atoms. The Kier molecular flexibility index (Phi) is 6.18. The molecule has 2 aliphatic rings. The van der Waals surface area contributed by atoms with Gasteiger partial charge in [-0.05, 0) is 73.6 Å². The van der Waals surface area contributed by atoms with Crippen molar-refractivity contribution in [1.29, 1.82) is 0 Å². The van der Waals surface area contributed by atoms with Crippen LogP contribution in [0.3, 0.4) is 0 Å². The van der Waals surface area contributed by atoms with Crippen molar-refractivity contribution < 1.29 is 27.1 Å². The van der Waals surface area contributed by atoms with Gasteiger partial charge in [0.15, 0.2) is 5.82 Å². The highest BCUT2D eigenvalue weighted by Crippen LogP contribution is 2.44. The number of aromatic nitrogens is 2. The van der Waals surface area contributed by atoms with Gasteiger partial charge in [-0.2, -0.15) is 18.2 Å². The number of alkyl halides is 3. The van der Waals surface area contributed by atoms with E-state index in [1.807, 2.05) is 4.90 Å². The largest absolute Gasteiger partial charge is 0.444 e. The number of fused-ring (bicyclic) bond motifs is 1. The molecule has 1 atom stereocenters. The minimum absolute atomic E-state index is 0.00352. The van der Waals surface area contributed by atoms with Crippen LogP contribution in [0.5, 0.6) is 0 Å². The number of nitrogens with zero attached hydrogens (tertiary/aromatic N) is 4. The van der Waals surface area contributed by atoms with Gasteiger partial charge in [-0.1, -0.05) is 0 Å². The van der Waals surface area contributed by atoms with Gasteiger partial charge in [0.2, 0.25) is 5.28 Å². The van der Waals surface area contributed by atoms with E-state index in [9.17, 15) is 22.4 Å². The SMILES string of the molecule is CC(C)(C)OC(=O)N1CCC(N(c2nc(Cl)nc3c(F)c(Br)c(C(F)(F)F)cc23)C2CC2)C1. The molecule has 1 saturated carbocycles. The first-order valence-electron chi connectivity index (χ1n) is 10.4. The van der Waals surface area contributed by atoms with Crippen molar-refractivity contribution in [3.05, 3.63) is 27.2 Å². The molecule has 2 heterocycles. The molecule has 1 saturated heterocycles. The fourth-order valence-corrected chi connectivity index (χ4v) is 4.71. The molecule has 12 heteroatoms. The third-order valence-corrected chi connectivity index (χ3v) is 6.47. The van der Waals surface area contributed by atoms with E-state index in [2.05, 4.69) is 25.9 Å². The van der Waals surface area contributed by atoms with Crippen LogP contribution < -0.4 is 4.90 Å². The van der Waals surface area contributed by atoms with Crippen molar-refractivity contribution in [2.75, 3.05) is 18.0 Å². The zero-order valence-electron chi connectivity index (χ0n) is 18.1. The number of ether oxygens (including phenoxy) is 1. The molecule has 33 heavy (non-hydrogen) atoms. The molecule has 0 radical (unpaired) electrons. The van der Waals surface area contributed by atoms with E-state index in [0.29, 0.717) is 19.5 Å². The molecule has 0 spiro atoms. The number of carbonyl (C=O) groups excluding carboxylic acids is 1. The van der Waals surface area contributed by atoms with E-state index >= 15 is 0 Å². The van der Waals surface area contributed by atoms with Gasteiger partial charge >= 0.3 is 12.3 Å². The maximum atomic E-state index is 14.9. The third kappa shape index (κ3) is 4.99. The predicted molar refractivity (Wildman–Crippen MR) is 119 cm³/mol. The Morgan fingerprint density at radius 3 is 2.45 bits per heavy atom. The molecule has 180 valence electrons. The summed E-state index contributed by atoms with van der Waals surface area (Å²) in [6.07, 6.45) is -3.07. The van der Waals surface area contributed by atoms with Crippen molar-refractivity contribution in [3.63, 3.8) is 0 Å². The lowest BCUT2D eigenvalue weighted by Gasteiger charge is -2.31. The monoisotopic (exact) mass is 552 g/mol. The van der Waals surface area contributed by atoms with Gasteiger partial charge in [-0.15, -0.1) is 0 Å². The summed E-state index contributed by atoms with van der Waals surface area (Å²) in [4.78, 5) is 24.0. The van der Waals surface area contributed by atoms with Gasteiger partial charge in [0.1, 0.15) is 16.9 Å². The number of anilines is 1. The lowest BCUT2D eigenvalue weighted by molar-refractivity contribution is -0.138. The van der Waals surface area contributed by atoms with Crippen LogP contribution in [0.1, 0.15) is 45.6 Å². The lowest BCUT2D eigenvalue weighted by atomic mass is 10.1. The first-order valence-corrected chi connectivity index (χ1v) is 11.6. The Balaban J connectivity index is 1.76. The number of amides is 1. The van der Waals surface area contributed by atoms with E-state index in [4.69, 9.17) is 16.3 Å². The van der Waals surface area contributed by atoms with E-state index in [0.717, 1.165) is 18.9 Å². The van der Waals surface area contributed by atoms with Crippen LogP contribution in [-0.4, -0.2) is 51.7 Å². The summed E-state index contributed by atoms with van der Waals surface area (Å²) in [6, 6.07) is 0.619. The number of halogens is 6. The molecule has 1 aliphatic carbocycles. The highest BCUT2D eigenvalue weighted by atomic mass is 79.9. The molecule has 1 amide bonds. The number of likely N-dealkylation sites (tertiary alicyclic amines) is 1. The Labute approximate surface area is 201 Å². The summed E-state index contributed by atoms with van der Waals surface area (Å²) >= 11 is 8.78. The Morgan fingerprint density at radius 2 is 1.88 bits per heavy atom. The van der Waals surface area contributed by atoms with Gasteiger partial charge in [0, 0.05) is 24.5 Å². The predicted octanol–water partition coefficient (Wildman–Crippen LogP) is 6.18. The maximum absolute atomic E-state index is 14.9. The quantitative estimate of drug-likeness (QED) is 0.336. The smallest absolute Gasteiger partial charge is 0.417 e. The van der Waals surface area contributed by atoms with Gasteiger partial charge in [0.05, 0.1) is 16.1 Å². The molecular weight excluding hydrogens is 532 g/mol. The van der Waals surface area contributed by atoms with E-state index < -0.39 is 33.7 Å². The molecule has 2 fully saturated rings. The second kappa shape index (κ2) is 8.41. The summed E-state index contributed by atoms with van der Waals surface area (Å²) in [7, 11) is 0. The van der Waals surface area contributed by atoms with Crippen LogP contribution in [0.15, 0.2) is 10.5 Å². The first kappa shape index (κ1) is 24.3. The average Bonchev–Trinajstić information content (AvgIpc) is 3.38. The first-order chi connectivity index (χ1) is 15.3. The van der Waals surface area contributed by atoms with Crippen LogP contribution in [0.25, 0.3) is 10.9 Å². The minimum atomic E-state index is -4.78. The minimum Gasteiger partial charge on any atom is -0.444 e. The average molecular weight is 554 g/mol. The molecule has 0 N–H and O–H groups in total. The normalized spacial score (nSPS) is 19.3. The molecule has 1 unspecified atom stereocenters. The van der Waals surface area contributed by atoms with Crippen molar-refractivity contribution >= 4 is 50.3 Å². The molecule has 6 nitrogen and oxygen atoms in total. The topological polar surface area (TPSA) is 58.6 Å². The van der Waals surface area contributed by atoms with Gasteiger partial charge < -0.3 is 14.5 Å². The number of hydrogen-bond donors (Lipinski definition) is 0. The molecular formula is C21H22BrClF4N4O2. The standard InChI is InChI=1S/C21H22BrClF4N4O2/c1-20(2,3)33-19(32)30-7-6-11(9-30)31(10-4-5-10)17-12-8-13(21(25,26)27)14(22)15(24)16(12)28-18(23)29-17/h8,10-11H,4-7,9H2,1-3H3. The zero-order chi connectivity index (χ0) is 24.3. The summed E-state index contributed by atoms with van der Waals surface area (Å²) in [5.41, 5.74) is -2.10. The summed E-state index contributed by atoms with van der Waals surface area (Å²) in [5.74, 6) is -1.01. The van der Waals surface area contributed by atoms with Crippen LogP contribution in [-0.2, 0) is 10.9 Å². The fraction of sp³-hybridized carbons (Fsp3) is 0.571. The van der Waals surface area contributed by atoms with Crippen molar-refractivity contribution in [2.24, 2.45) is 0 Å². The summed E-state index contributed by atoms with van der Waals surface area (Å²) < 4.78 is 60.4. The van der Waals surface area contributed by atoms with Crippen LogP contribution in [0.2, 0.25) is 5.28 Å². The van der Waals surface area contributed by atoms with Crippen LogP contribution in [0.4, 0.5) is 28.2 Å². The second-order valence-corrected chi connectivity index (χ2v) is 10.4. The van der Waals surface area contributed by atoms with Gasteiger partial charge in [0.25, 0.3) is 0 Å². The van der Waals surface area contributed by atoms with Crippen molar-refractivity contribution in [2.45, 2.75) is 63.9 Å². The van der Waals surface area contributed by atoms with E-state index in [1.165, 1.54) is 0 Å². The summed E-state index contributed by atoms with van der Waals surface area (Å²) in [5, 5.41) is -0.342. The third-order valence-electron chi connectivity index (χ3n) is 5.52. The Hall–Kier alpha value is -1.88. The molecule has 1 aliphatic heterocycles. The highest BCUT2D eigenvalue weighted by molar-refractivity contribution is 9.10. The van der Waals surface area contributed by atoms with Crippen LogP contribution >= 0.6 is 27.5 Å². The number of rotatable bonds is 3.